The second-order valence-electron chi connectivity index (χ2n) is 15.6. The summed E-state index contributed by atoms with van der Waals surface area (Å²) in [7, 11) is 3.93. The molecule has 0 atom stereocenters. The van der Waals surface area contributed by atoms with E-state index in [1.165, 1.54) is 21.5 Å². The van der Waals surface area contributed by atoms with Crippen LogP contribution in [-0.4, -0.2) is 46.7 Å². The van der Waals surface area contributed by atoms with Crippen LogP contribution in [0.15, 0.2) is 229 Å². The van der Waals surface area contributed by atoms with E-state index in [1.54, 1.807) is 37.5 Å². The molecule has 8 aromatic carbocycles. The predicted molar refractivity (Wildman–Crippen MR) is 287 cm³/mol. The summed E-state index contributed by atoms with van der Waals surface area (Å²) in [5, 5.41) is 13.2. The van der Waals surface area contributed by atoms with Gasteiger partial charge in [0.1, 0.15) is 23.3 Å². The standard InChI is InChI=1S/2C16H12N4.2C13H11N2.2Pt/c2*1-19-11-20(16-15(19)17-8-9-18-16)14-7-6-12-4-2-3-5-13(12)10-14;2*1-3-7-12(8-4-1)14-11-15-13-9-5-2-6-10-13;;/h2*2-6,8-11H,1H3;2*1-11H;;/q2*-2;2*-1;;. The molecule has 4 heterocycles. The van der Waals surface area contributed by atoms with Gasteiger partial charge in [-0.15, -0.1) is 70.5 Å². The monoisotopic (exact) mass is 1300 g/mol. The van der Waals surface area contributed by atoms with E-state index in [9.17, 15) is 0 Å². The first kappa shape index (κ1) is 51.8. The van der Waals surface area contributed by atoms with Crippen LogP contribution in [-0.2, 0) is 42.1 Å². The minimum Gasteiger partial charge on any atom is -0.487 e. The maximum atomic E-state index is 4.42. The molecule has 10 aromatic rings. The van der Waals surface area contributed by atoms with Crippen LogP contribution in [0, 0.1) is 25.5 Å². The molecule has 2 aliphatic heterocycles. The van der Waals surface area contributed by atoms with Crippen molar-refractivity contribution in [2.75, 3.05) is 33.7 Å². The van der Waals surface area contributed by atoms with Crippen molar-refractivity contribution in [3.05, 3.63) is 255 Å². The fourth-order valence-corrected chi connectivity index (χ4v) is 7.29. The van der Waals surface area contributed by atoms with Gasteiger partial charge in [0.2, 0.25) is 0 Å². The number of benzene rings is 8. The van der Waals surface area contributed by atoms with Gasteiger partial charge in [-0.05, 0) is 36.8 Å². The largest absolute Gasteiger partial charge is 0.487 e. The molecule has 0 bridgehead atoms. The van der Waals surface area contributed by atoms with Gasteiger partial charge >= 0.3 is 0 Å². The molecule has 0 amide bonds. The van der Waals surface area contributed by atoms with E-state index in [2.05, 4.69) is 89.1 Å². The third-order valence-electron chi connectivity index (χ3n) is 10.7. The Morgan fingerprint density at radius 2 is 0.736 bits per heavy atom. The number of hydrogen-bond acceptors (Lipinski definition) is 10. The van der Waals surface area contributed by atoms with E-state index in [-0.39, 0.29) is 42.1 Å². The number of aromatic nitrogens is 4. The molecule has 0 spiro atoms. The predicted octanol–water partition coefficient (Wildman–Crippen LogP) is 14.4. The molecular formula is C58H46N12Pt2-6. The summed E-state index contributed by atoms with van der Waals surface area (Å²) >= 11 is 0. The Morgan fingerprint density at radius 1 is 0.417 bits per heavy atom. The molecule has 14 heteroatoms. The van der Waals surface area contributed by atoms with Gasteiger partial charge in [-0.25, -0.2) is 19.9 Å². The van der Waals surface area contributed by atoms with Crippen LogP contribution in [0.25, 0.3) is 32.2 Å². The molecule has 0 N–H and O–H groups in total. The number of nitrogens with zero attached hydrogens (tertiary/aromatic N) is 12. The maximum Gasteiger partial charge on any atom is 0.143 e. The Hall–Kier alpha value is -8.04. The molecule has 0 aliphatic carbocycles. The maximum absolute atomic E-state index is 4.42. The first-order valence-electron chi connectivity index (χ1n) is 22.4. The fraction of sp³-hybridized carbons (Fsp3) is 0.0345. The summed E-state index contributed by atoms with van der Waals surface area (Å²) in [6, 6.07) is 70.4. The van der Waals surface area contributed by atoms with Gasteiger partial charge in [-0.1, -0.05) is 170 Å². The molecule has 12 rings (SSSR count). The van der Waals surface area contributed by atoms with E-state index < -0.39 is 0 Å². The Morgan fingerprint density at radius 3 is 1.11 bits per heavy atom. The van der Waals surface area contributed by atoms with Crippen LogP contribution in [0.1, 0.15) is 0 Å². The van der Waals surface area contributed by atoms with Gasteiger partial charge in [0.15, 0.2) is 0 Å². The third kappa shape index (κ3) is 13.6. The molecule has 12 nitrogen and oxygen atoms in total. The SMILES string of the molecule is C(=Nc1ccccc1)[N-]c1ccccc1.C(=Nc1ccccc1)[N-]c1ccccc1.CN1[CH-]N(c2[c-]cc3ccccc3c2)c2nccnc21.CN1[CH-]N(c2[c-]cc3ccccc3c2)c2nccnc21.[Pt].[Pt]. The van der Waals surface area contributed by atoms with Gasteiger partial charge in [0.25, 0.3) is 0 Å². The van der Waals surface area contributed by atoms with Crippen molar-refractivity contribution in [2.45, 2.75) is 0 Å². The number of rotatable bonds is 8. The van der Waals surface area contributed by atoms with Crippen molar-refractivity contribution in [1.29, 1.82) is 0 Å². The quantitative estimate of drug-likeness (QED) is 0.0839. The zero-order chi connectivity index (χ0) is 47.7. The summed E-state index contributed by atoms with van der Waals surface area (Å²) in [5.74, 6) is 3.38. The third-order valence-corrected chi connectivity index (χ3v) is 10.7. The number of fused-ring (bicyclic) bond motifs is 4. The Labute approximate surface area is 449 Å². The number of anilines is 6. The molecule has 0 saturated carbocycles. The zero-order valence-corrected chi connectivity index (χ0v) is 43.6. The second kappa shape index (κ2) is 26.2. The Kier molecular flexibility index (Phi) is 18.9. The van der Waals surface area contributed by atoms with Gasteiger partial charge in [-0.3, -0.25) is 0 Å². The van der Waals surface area contributed by atoms with Gasteiger partial charge < -0.3 is 40.2 Å². The number of hydrogen-bond donors (Lipinski definition) is 0. The van der Waals surface area contributed by atoms with Crippen molar-refractivity contribution >= 4 is 91.6 Å². The first-order chi connectivity index (χ1) is 34.6. The van der Waals surface area contributed by atoms with Crippen molar-refractivity contribution in [3.8, 4) is 0 Å². The van der Waals surface area contributed by atoms with E-state index >= 15 is 0 Å². The molecule has 72 heavy (non-hydrogen) atoms. The smallest absolute Gasteiger partial charge is 0.143 e. The van der Waals surface area contributed by atoms with Crippen LogP contribution in [0.3, 0.4) is 0 Å². The van der Waals surface area contributed by atoms with Crippen molar-refractivity contribution in [1.82, 2.24) is 19.9 Å². The zero-order valence-electron chi connectivity index (χ0n) is 39.1. The summed E-state index contributed by atoms with van der Waals surface area (Å²) in [6.07, 6.45) is 9.97. The first-order valence-corrected chi connectivity index (χ1v) is 22.4. The van der Waals surface area contributed by atoms with Crippen LogP contribution in [0.2, 0.25) is 0 Å². The Bertz CT molecular complexity index is 3070. The van der Waals surface area contributed by atoms with Crippen molar-refractivity contribution in [2.24, 2.45) is 9.98 Å². The molecule has 0 radical (unpaired) electrons. The normalized spacial score (nSPS) is 12.0. The summed E-state index contributed by atoms with van der Waals surface area (Å²) in [4.78, 5) is 33.9. The van der Waals surface area contributed by atoms with Crippen LogP contribution in [0.5, 0.6) is 0 Å². The van der Waals surface area contributed by atoms with E-state index in [0.29, 0.717) is 0 Å². The molecule has 2 aliphatic rings. The van der Waals surface area contributed by atoms with Gasteiger partial charge in [-0.2, -0.15) is 24.3 Å². The van der Waals surface area contributed by atoms with Crippen molar-refractivity contribution < 1.29 is 42.1 Å². The average Bonchev–Trinajstić information content (AvgIpc) is 3.95. The second-order valence-corrected chi connectivity index (χ2v) is 15.6. The van der Waals surface area contributed by atoms with Crippen LogP contribution < -0.4 is 19.6 Å². The number of para-hydroxylation sites is 4. The van der Waals surface area contributed by atoms with E-state index in [1.807, 2.05) is 205 Å². The van der Waals surface area contributed by atoms with E-state index in [4.69, 9.17) is 0 Å². The fourth-order valence-electron chi connectivity index (χ4n) is 7.29. The molecule has 0 unspecified atom stereocenters. The van der Waals surface area contributed by atoms with Crippen LogP contribution in [0.4, 0.5) is 57.4 Å². The molecule has 2 aromatic heterocycles. The number of aliphatic imine (C=N–C) groups is 2. The molecular weight excluding hydrogens is 1250 g/mol. The van der Waals surface area contributed by atoms with Crippen LogP contribution >= 0.6 is 0 Å². The summed E-state index contributed by atoms with van der Waals surface area (Å²) in [6.45, 7) is 3.95. The summed E-state index contributed by atoms with van der Waals surface area (Å²) in [5.41, 5.74) is 5.59. The van der Waals surface area contributed by atoms with Gasteiger partial charge in [0.05, 0.1) is 0 Å². The Balaban J connectivity index is 0.000000141. The molecule has 0 saturated heterocycles. The molecule has 0 fully saturated rings. The minimum atomic E-state index is 0. The van der Waals surface area contributed by atoms with Gasteiger partial charge in [0, 0.05) is 66.9 Å². The van der Waals surface area contributed by atoms with E-state index in [0.717, 1.165) is 57.4 Å². The van der Waals surface area contributed by atoms with Crippen molar-refractivity contribution in [3.63, 3.8) is 0 Å². The molecule has 364 valence electrons. The topological polar surface area (TPSA) is 117 Å². The summed E-state index contributed by atoms with van der Waals surface area (Å²) < 4.78 is 0. The average molecular weight is 1300 g/mol. The minimum absolute atomic E-state index is 0.